The van der Waals surface area contributed by atoms with Crippen LogP contribution in [-0.2, 0) is 5.41 Å². The molecule has 0 aliphatic rings. The Kier molecular flexibility index (Phi) is 3.75. The SMILES string of the molecule is CNc1cc(-c2cc(C)cc(F)c2)nc(C(C)(C)C)n1. The molecule has 20 heavy (non-hydrogen) atoms. The van der Waals surface area contributed by atoms with Crippen molar-refractivity contribution in [1.82, 2.24) is 9.97 Å². The molecule has 0 saturated heterocycles. The molecule has 106 valence electrons. The Labute approximate surface area is 119 Å². The van der Waals surface area contributed by atoms with Gasteiger partial charge in [-0.2, -0.15) is 0 Å². The van der Waals surface area contributed by atoms with E-state index in [0.717, 1.165) is 28.5 Å². The number of benzene rings is 1. The van der Waals surface area contributed by atoms with Crippen LogP contribution in [0.4, 0.5) is 10.2 Å². The third-order valence-corrected chi connectivity index (χ3v) is 2.99. The van der Waals surface area contributed by atoms with Crippen LogP contribution >= 0.6 is 0 Å². The van der Waals surface area contributed by atoms with Gasteiger partial charge in [0.2, 0.25) is 0 Å². The monoisotopic (exact) mass is 273 g/mol. The number of halogens is 1. The quantitative estimate of drug-likeness (QED) is 0.901. The van der Waals surface area contributed by atoms with Crippen molar-refractivity contribution < 1.29 is 4.39 Å². The summed E-state index contributed by atoms with van der Waals surface area (Å²) in [4.78, 5) is 9.06. The predicted octanol–water partition coefficient (Wildman–Crippen LogP) is 3.93. The molecule has 1 aromatic heterocycles. The van der Waals surface area contributed by atoms with Gasteiger partial charge in [0, 0.05) is 24.1 Å². The summed E-state index contributed by atoms with van der Waals surface area (Å²) in [6.07, 6.45) is 0. The van der Waals surface area contributed by atoms with Crippen LogP contribution in [-0.4, -0.2) is 17.0 Å². The number of aryl methyl sites for hydroxylation is 1. The zero-order valence-corrected chi connectivity index (χ0v) is 12.6. The van der Waals surface area contributed by atoms with Gasteiger partial charge in [-0.05, 0) is 30.7 Å². The Balaban J connectivity index is 2.61. The molecule has 2 aromatic rings. The molecule has 1 aromatic carbocycles. The lowest BCUT2D eigenvalue weighted by atomic mass is 9.95. The van der Waals surface area contributed by atoms with Gasteiger partial charge in [0.25, 0.3) is 0 Å². The number of hydrogen-bond donors (Lipinski definition) is 1. The minimum Gasteiger partial charge on any atom is -0.373 e. The number of rotatable bonds is 2. The Morgan fingerprint density at radius 1 is 1.05 bits per heavy atom. The maximum atomic E-state index is 13.6. The second-order valence-corrected chi connectivity index (χ2v) is 5.98. The van der Waals surface area contributed by atoms with Gasteiger partial charge >= 0.3 is 0 Å². The summed E-state index contributed by atoms with van der Waals surface area (Å²) in [5.41, 5.74) is 2.22. The molecule has 0 aliphatic heterocycles. The first kappa shape index (κ1) is 14.4. The summed E-state index contributed by atoms with van der Waals surface area (Å²) < 4.78 is 13.6. The van der Waals surface area contributed by atoms with Crippen LogP contribution in [0.25, 0.3) is 11.3 Å². The summed E-state index contributed by atoms with van der Waals surface area (Å²) in [6, 6.07) is 6.77. The van der Waals surface area contributed by atoms with E-state index in [1.165, 1.54) is 12.1 Å². The molecule has 0 bridgehead atoms. The Hall–Kier alpha value is -1.97. The first-order valence-electron chi connectivity index (χ1n) is 6.64. The normalized spacial score (nSPS) is 11.5. The fourth-order valence-electron chi connectivity index (χ4n) is 1.94. The molecule has 0 unspecified atom stereocenters. The van der Waals surface area contributed by atoms with Crippen LogP contribution in [0.2, 0.25) is 0 Å². The van der Waals surface area contributed by atoms with Crippen molar-refractivity contribution in [1.29, 1.82) is 0 Å². The summed E-state index contributed by atoms with van der Waals surface area (Å²) in [5, 5.41) is 3.03. The predicted molar refractivity (Wildman–Crippen MR) is 80.4 cm³/mol. The molecule has 0 fully saturated rings. The van der Waals surface area contributed by atoms with Gasteiger partial charge in [-0.25, -0.2) is 14.4 Å². The summed E-state index contributed by atoms with van der Waals surface area (Å²) in [6.45, 7) is 8.05. The zero-order chi connectivity index (χ0) is 14.9. The van der Waals surface area contributed by atoms with Crippen LogP contribution in [0.15, 0.2) is 24.3 Å². The second-order valence-electron chi connectivity index (χ2n) is 5.98. The number of anilines is 1. The van der Waals surface area contributed by atoms with E-state index in [2.05, 4.69) is 36.1 Å². The molecule has 0 radical (unpaired) electrons. The van der Waals surface area contributed by atoms with Gasteiger partial charge in [-0.3, -0.25) is 0 Å². The highest BCUT2D eigenvalue weighted by Gasteiger charge is 2.19. The average Bonchev–Trinajstić information content (AvgIpc) is 2.36. The van der Waals surface area contributed by atoms with Crippen molar-refractivity contribution >= 4 is 5.82 Å². The lowest BCUT2D eigenvalue weighted by Crippen LogP contribution is -2.17. The van der Waals surface area contributed by atoms with Crippen LogP contribution in [0.3, 0.4) is 0 Å². The van der Waals surface area contributed by atoms with E-state index in [1.807, 2.05) is 26.1 Å². The maximum Gasteiger partial charge on any atom is 0.136 e. The molecule has 0 spiro atoms. The largest absolute Gasteiger partial charge is 0.373 e. The highest BCUT2D eigenvalue weighted by molar-refractivity contribution is 5.63. The third kappa shape index (κ3) is 3.13. The smallest absolute Gasteiger partial charge is 0.136 e. The van der Waals surface area contributed by atoms with Crippen molar-refractivity contribution in [3.05, 3.63) is 41.5 Å². The molecule has 0 amide bonds. The molecule has 0 atom stereocenters. The van der Waals surface area contributed by atoms with Crippen LogP contribution in [0.5, 0.6) is 0 Å². The minimum atomic E-state index is -0.248. The molecular formula is C16H20FN3. The molecule has 0 aliphatic carbocycles. The number of aromatic nitrogens is 2. The number of nitrogens with one attached hydrogen (secondary N) is 1. The Morgan fingerprint density at radius 3 is 2.30 bits per heavy atom. The van der Waals surface area contributed by atoms with Gasteiger partial charge in [0.05, 0.1) is 5.69 Å². The third-order valence-electron chi connectivity index (χ3n) is 2.99. The van der Waals surface area contributed by atoms with Crippen LogP contribution in [0, 0.1) is 12.7 Å². The Morgan fingerprint density at radius 2 is 1.75 bits per heavy atom. The van der Waals surface area contributed by atoms with E-state index in [0.29, 0.717) is 0 Å². The van der Waals surface area contributed by atoms with Crippen LogP contribution in [0.1, 0.15) is 32.2 Å². The van der Waals surface area contributed by atoms with Crippen molar-refractivity contribution in [3.8, 4) is 11.3 Å². The molecule has 1 N–H and O–H groups in total. The first-order chi connectivity index (χ1) is 9.29. The molecular weight excluding hydrogens is 253 g/mol. The topological polar surface area (TPSA) is 37.8 Å². The summed E-state index contributed by atoms with van der Waals surface area (Å²) >= 11 is 0. The lowest BCUT2D eigenvalue weighted by molar-refractivity contribution is 0.547. The van der Waals surface area contributed by atoms with E-state index in [4.69, 9.17) is 0 Å². The van der Waals surface area contributed by atoms with E-state index < -0.39 is 0 Å². The molecule has 4 heteroatoms. The van der Waals surface area contributed by atoms with Gasteiger partial charge < -0.3 is 5.32 Å². The van der Waals surface area contributed by atoms with Crippen molar-refractivity contribution in [2.24, 2.45) is 0 Å². The van der Waals surface area contributed by atoms with E-state index in [1.54, 1.807) is 0 Å². The van der Waals surface area contributed by atoms with E-state index in [-0.39, 0.29) is 11.2 Å². The highest BCUT2D eigenvalue weighted by atomic mass is 19.1. The van der Waals surface area contributed by atoms with Crippen LogP contribution < -0.4 is 5.32 Å². The molecule has 1 heterocycles. The zero-order valence-electron chi connectivity index (χ0n) is 12.6. The van der Waals surface area contributed by atoms with Crippen molar-refractivity contribution in [2.75, 3.05) is 12.4 Å². The van der Waals surface area contributed by atoms with E-state index >= 15 is 0 Å². The molecule has 3 nitrogen and oxygen atoms in total. The van der Waals surface area contributed by atoms with Gasteiger partial charge in [0.1, 0.15) is 17.5 Å². The first-order valence-corrected chi connectivity index (χ1v) is 6.64. The minimum absolute atomic E-state index is 0.163. The Bertz CT molecular complexity index is 610. The highest BCUT2D eigenvalue weighted by Crippen LogP contribution is 2.26. The van der Waals surface area contributed by atoms with Gasteiger partial charge in [0.15, 0.2) is 0 Å². The average molecular weight is 273 g/mol. The maximum absolute atomic E-state index is 13.6. The fraction of sp³-hybridized carbons (Fsp3) is 0.375. The van der Waals surface area contributed by atoms with Crippen molar-refractivity contribution in [2.45, 2.75) is 33.1 Å². The van der Waals surface area contributed by atoms with E-state index in [9.17, 15) is 4.39 Å². The second kappa shape index (κ2) is 5.19. The van der Waals surface area contributed by atoms with Gasteiger partial charge in [-0.15, -0.1) is 0 Å². The number of hydrogen-bond acceptors (Lipinski definition) is 3. The summed E-state index contributed by atoms with van der Waals surface area (Å²) in [7, 11) is 1.81. The lowest BCUT2D eigenvalue weighted by Gasteiger charge is -2.18. The number of nitrogens with zero attached hydrogens (tertiary/aromatic N) is 2. The summed E-state index contributed by atoms with van der Waals surface area (Å²) in [5.74, 6) is 1.23. The standard InChI is InChI=1S/C16H20FN3/c1-10-6-11(8-12(17)7-10)13-9-14(18-5)20-15(19-13)16(2,3)4/h6-9H,1-5H3,(H,18,19,20). The molecule has 0 saturated carbocycles. The van der Waals surface area contributed by atoms with Crippen molar-refractivity contribution in [3.63, 3.8) is 0 Å². The molecule has 2 rings (SSSR count). The fourth-order valence-corrected chi connectivity index (χ4v) is 1.94. The van der Waals surface area contributed by atoms with Gasteiger partial charge in [-0.1, -0.05) is 20.8 Å².